The van der Waals surface area contributed by atoms with Gasteiger partial charge >= 0.3 is 5.69 Å². The summed E-state index contributed by atoms with van der Waals surface area (Å²) in [5.74, 6) is 1.10. The number of aromatic nitrogens is 4. The number of nitrogens with zero attached hydrogens (tertiary/aromatic N) is 4. The van der Waals surface area contributed by atoms with Crippen LogP contribution in [0.25, 0.3) is 10.2 Å². The van der Waals surface area contributed by atoms with E-state index >= 15 is 0 Å². The fraction of sp³-hybridized carbons (Fsp3) is 0.471. The van der Waals surface area contributed by atoms with Gasteiger partial charge in [-0.25, -0.2) is 4.98 Å². The highest BCUT2D eigenvalue weighted by Gasteiger charge is 2.24. The first-order chi connectivity index (χ1) is 12.3. The number of rotatable bonds is 3. The zero-order valence-corrected chi connectivity index (χ0v) is 15.6. The Morgan fingerprint density at radius 3 is 2.88 bits per heavy atom. The number of hydrogen-bond acceptors (Lipinski definition) is 6. The molecule has 0 fully saturated rings. The first-order valence-electron chi connectivity index (χ1n) is 8.57. The van der Waals surface area contributed by atoms with E-state index in [4.69, 9.17) is 0 Å². The van der Waals surface area contributed by atoms with Crippen molar-refractivity contribution >= 4 is 27.2 Å². The first-order valence-corrected chi connectivity index (χ1v) is 9.38. The molecule has 0 aromatic carbocycles. The average Bonchev–Trinajstić information content (AvgIpc) is 3.04. The Balaban J connectivity index is 1.76. The van der Waals surface area contributed by atoms with Crippen molar-refractivity contribution in [3.63, 3.8) is 0 Å². The van der Waals surface area contributed by atoms with E-state index in [-0.39, 0.29) is 17.8 Å². The van der Waals surface area contributed by atoms with Gasteiger partial charge in [0, 0.05) is 4.88 Å². The Morgan fingerprint density at radius 1 is 1.42 bits per heavy atom. The Hall–Kier alpha value is -2.55. The van der Waals surface area contributed by atoms with Gasteiger partial charge < -0.3 is 4.98 Å². The van der Waals surface area contributed by atoms with Crippen molar-refractivity contribution in [2.45, 2.75) is 46.6 Å². The quantitative estimate of drug-likeness (QED) is 0.561. The molecule has 0 unspecified atom stereocenters. The van der Waals surface area contributed by atoms with Gasteiger partial charge in [0.05, 0.1) is 16.9 Å². The van der Waals surface area contributed by atoms with Crippen molar-refractivity contribution in [2.24, 2.45) is 5.92 Å². The third kappa shape index (κ3) is 2.63. The van der Waals surface area contributed by atoms with E-state index in [9.17, 15) is 14.9 Å². The number of aryl methyl sites for hydroxylation is 2. The normalized spacial score (nSPS) is 16.8. The molecular formula is C17H19N5O3S. The summed E-state index contributed by atoms with van der Waals surface area (Å²) in [6.07, 6.45) is 3.01. The van der Waals surface area contributed by atoms with Gasteiger partial charge in [-0.05, 0) is 44.6 Å². The molecule has 0 saturated heterocycles. The summed E-state index contributed by atoms with van der Waals surface area (Å²) in [6.45, 7) is 5.69. The fourth-order valence-electron chi connectivity index (χ4n) is 3.72. The summed E-state index contributed by atoms with van der Waals surface area (Å²) in [4.78, 5) is 32.8. The van der Waals surface area contributed by atoms with Crippen LogP contribution in [0.15, 0.2) is 4.79 Å². The van der Waals surface area contributed by atoms with Crippen molar-refractivity contribution in [1.82, 2.24) is 19.7 Å². The zero-order valence-electron chi connectivity index (χ0n) is 14.8. The summed E-state index contributed by atoms with van der Waals surface area (Å²) in [7, 11) is 0. The molecule has 3 heterocycles. The van der Waals surface area contributed by atoms with Crippen LogP contribution in [-0.4, -0.2) is 24.7 Å². The topological polar surface area (TPSA) is 107 Å². The number of aromatic amines is 1. The van der Waals surface area contributed by atoms with Crippen LogP contribution in [0.3, 0.4) is 0 Å². The van der Waals surface area contributed by atoms with Crippen LogP contribution in [0.1, 0.15) is 41.0 Å². The summed E-state index contributed by atoms with van der Waals surface area (Å²) in [5, 5.41) is 16.1. The molecule has 0 amide bonds. The molecule has 0 radical (unpaired) electrons. The molecule has 1 atom stereocenters. The van der Waals surface area contributed by atoms with Crippen molar-refractivity contribution in [3.8, 4) is 0 Å². The second kappa shape index (κ2) is 6.01. The molecule has 0 spiro atoms. The standard InChI is InChI=1S/C17H19N5O3S/c1-8-4-5-11-12(6-8)26-17-14(11)16(23)18-13(19-17)7-21-10(3)15(22(24)25)9(2)20-21/h8H,4-7H2,1-3H3,(H,18,19,23)/t8-/m1/s1. The third-order valence-electron chi connectivity index (χ3n) is 5.04. The third-order valence-corrected chi connectivity index (χ3v) is 6.19. The lowest BCUT2D eigenvalue weighted by Gasteiger charge is -2.17. The first kappa shape index (κ1) is 16.9. The van der Waals surface area contributed by atoms with E-state index in [1.54, 1.807) is 25.2 Å². The SMILES string of the molecule is Cc1nn(Cc2nc3sc4c(c3c(=O)[nH]2)CC[C@@H](C)C4)c(C)c1[N+](=O)[O-]. The van der Waals surface area contributed by atoms with Crippen LogP contribution < -0.4 is 5.56 Å². The van der Waals surface area contributed by atoms with Crippen LogP contribution in [0.4, 0.5) is 5.69 Å². The lowest BCUT2D eigenvalue weighted by atomic mass is 9.89. The molecule has 8 nitrogen and oxygen atoms in total. The van der Waals surface area contributed by atoms with Crippen molar-refractivity contribution in [3.05, 3.63) is 48.1 Å². The Kier molecular flexibility index (Phi) is 3.91. The van der Waals surface area contributed by atoms with Gasteiger partial charge in [-0.3, -0.25) is 19.6 Å². The average molecular weight is 373 g/mol. The van der Waals surface area contributed by atoms with E-state index in [1.807, 2.05) is 0 Å². The minimum Gasteiger partial charge on any atom is -0.308 e. The van der Waals surface area contributed by atoms with Crippen LogP contribution in [0.5, 0.6) is 0 Å². The molecule has 1 aliphatic carbocycles. The van der Waals surface area contributed by atoms with E-state index in [0.29, 0.717) is 28.5 Å². The summed E-state index contributed by atoms with van der Waals surface area (Å²) >= 11 is 1.59. The summed E-state index contributed by atoms with van der Waals surface area (Å²) < 4.78 is 1.52. The molecule has 3 aromatic heterocycles. The molecule has 0 aliphatic heterocycles. The number of H-pyrrole nitrogens is 1. The molecule has 136 valence electrons. The number of nitro groups is 1. The molecule has 0 saturated carbocycles. The van der Waals surface area contributed by atoms with Crippen LogP contribution in [0, 0.1) is 29.9 Å². The number of thiophene rings is 1. The second-order valence-corrected chi connectivity index (χ2v) is 8.06. The Labute approximate surface area is 153 Å². The van der Waals surface area contributed by atoms with Gasteiger partial charge in [-0.1, -0.05) is 6.92 Å². The molecule has 1 aliphatic rings. The molecule has 3 aromatic rings. The van der Waals surface area contributed by atoms with Gasteiger partial charge in [-0.2, -0.15) is 5.10 Å². The summed E-state index contributed by atoms with van der Waals surface area (Å²) in [5.41, 5.74) is 1.83. The van der Waals surface area contributed by atoms with Crippen molar-refractivity contribution < 1.29 is 4.92 Å². The van der Waals surface area contributed by atoms with E-state index in [0.717, 1.165) is 29.7 Å². The highest BCUT2D eigenvalue weighted by molar-refractivity contribution is 7.18. The predicted octanol–water partition coefficient (Wildman–Crippen LogP) is 2.88. The van der Waals surface area contributed by atoms with Crippen molar-refractivity contribution in [2.75, 3.05) is 0 Å². The maximum absolute atomic E-state index is 12.6. The fourth-order valence-corrected chi connectivity index (χ4v) is 5.12. The minimum absolute atomic E-state index is 0.00833. The van der Waals surface area contributed by atoms with Gasteiger partial charge in [0.25, 0.3) is 5.56 Å². The van der Waals surface area contributed by atoms with Gasteiger partial charge in [-0.15, -0.1) is 11.3 Å². The maximum atomic E-state index is 12.6. The maximum Gasteiger partial charge on any atom is 0.312 e. The monoisotopic (exact) mass is 373 g/mol. The molecule has 26 heavy (non-hydrogen) atoms. The summed E-state index contributed by atoms with van der Waals surface area (Å²) in [6, 6.07) is 0. The lowest BCUT2D eigenvalue weighted by Crippen LogP contribution is -2.17. The molecule has 9 heteroatoms. The van der Waals surface area contributed by atoms with Crippen LogP contribution >= 0.6 is 11.3 Å². The zero-order chi connectivity index (χ0) is 18.6. The van der Waals surface area contributed by atoms with Crippen LogP contribution in [0.2, 0.25) is 0 Å². The number of nitrogens with one attached hydrogen (secondary N) is 1. The predicted molar refractivity (Wildman–Crippen MR) is 98.9 cm³/mol. The number of fused-ring (bicyclic) bond motifs is 3. The highest BCUT2D eigenvalue weighted by atomic mass is 32.1. The van der Waals surface area contributed by atoms with Crippen molar-refractivity contribution in [1.29, 1.82) is 0 Å². The highest BCUT2D eigenvalue weighted by Crippen LogP contribution is 2.35. The Morgan fingerprint density at radius 2 is 2.19 bits per heavy atom. The second-order valence-electron chi connectivity index (χ2n) is 6.98. The van der Waals surface area contributed by atoms with Gasteiger partial charge in [0.2, 0.25) is 0 Å². The number of hydrogen-bond donors (Lipinski definition) is 1. The van der Waals surface area contributed by atoms with Crippen LogP contribution in [-0.2, 0) is 19.4 Å². The van der Waals surface area contributed by atoms with E-state index in [2.05, 4.69) is 22.0 Å². The molecule has 1 N–H and O–H groups in total. The van der Waals surface area contributed by atoms with E-state index in [1.165, 1.54) is 9.56 Å². The molecule has 0 bridgehead atoms. The lowest BCUT2D eigenvalue weighted by molar-refractivity contribution is -0.386. The molecule has 4 rings (SSSR count). The van der Waals surface area contributed by atoms with Gasteiger partial charge in [0.1, 0.15) is 22.0 Å². The largest absolute Gasteiger partial charge is 0.312 e. The smallest absolute Gasteiger partial charge is 0.308 e. The van der Waals surface area contributed by atoms with Gasteiger partial charge in [0.15, 0.2) is 0 Å². The minimum atomic E-state index is -0.429. The van der Waals surface area contributed by atoms with E-state index < -0.39 is 4.92 Å². The Bertz CT molecular complexity index is 1090. The molecular weight excluding hydrogens is 354 g/mol.